The van der Waals surface area contributed by atoms with Crippen molar-refractivity contribution in [2.75, 3.05) is 6.61 Å². The van der Waals surface area contributed by atoms with E-state index in [4.69, 9.17) is 20.9 Å². The molecular formula is C15H9ClF2N2O4. The summed E-state index contributed by atoms with van der Waals surface area (Å²) in [4.78, 5) is 24.4. The Hall–Kier alpha value is -2.74. The van der Waals surface area contributed by atoms with Crippen molar-refractivity contribution in [1.82, 2.24) is 9.72 Å². The van der Waals surface area contributed by atoms with Gasteiger partial charge in [0.05, 0.1) is 17.5 Å². The number of fused-ring (bicyclic) bond motifs is 1. The molecule has 3 aromatic rings. The number of benzene rings is 1. The van der Waals surface area contributed by atoms with Gasteiger partial charge in [-0.25, -0.2) is 13.6 Å². The van der Waals surface area contributed by atoms with Crippen molar-refractivity contribution < 1.29 is 22.8 Å². The molecule has 1 aromatic carbocycles. The Kier molecular flexibility index (Phi) is 4.06. The molecule has 0 saturated heterocycles. The number of aromatic nitrogens is 2. The number of ether oxygens (including phenoxy) is 1. The standard InChI is InChI=1S/C15H9ClF2N2O4/c1-2-23-15(22)8-5-20(14-9(16)6-24-19-14)12-4-11(18)10(17)3-7(12)13(8)21/h3-6H,2H2,1H3. The van der Waals surface area contributed by atoms with Crippen molar-refractivity contribution in [2.24, 2.45) is 0 Å². The van der Waals surface area contributed by atoms with Crippen LogP contribution in [0.1, 0.15) is 17.3 Å². The molecule has 0 saturated carbocycles. The Bertz CT molecular complexity index is 1010. The second kappa shape index (κ2) is 6.04. The van der Waals surface area contributed by atoms with Crippen molar-refractivity contribution in [3.8, 4) is 5.82 Å². The third kappa shape index (κ3) is 2.54. The summed E-state index contributed by atoms with van der Waals surface area (Å²) in [6, 6.07) is 1.52. The molecule has 0 spiro atoms. The minimum Gasteiger partial charge on any atom is -0.462 e. The average molecular weight is 355 g/mol. The zero-order valence-corrected chi connectivity index (χ0v) is 12.9. The van der Waals surface area contributed by atoms with E-state index < -0.39 is 23.0 Å². The van der Waals surface area contributed by atoms with Gasteiger partial charge in [0.1, 0.15) is 16.8 Å². The highest BCUT2D eigenvalue weighted by Crippen LogP contribution is 2.24. The van der Waals surface area contributed by atoms with E-state index >= 15 is 0 Å². The first-order valence-corrected chi connectivity index (χ1v) is 7.13. The van der Waals surface area contributed by atoms with E-state index in [0.717, 1.165) is 23.1 Å². The maximum Gasteiger partial charge on any atom is 0.343 e. The van der Waals surface area contributed by atoms with Crippen molar-refractivity contribution in [3.05, 3.63) is 57.0 Å². The summed E-state index contributed by atoms with van der Waals surface area (Å²) in [6.45, 7) is 1.61. The first kappa shape index (κ1) is 16.1. The summed E-state index contributed by atoms with van der Waals surface area (Å²) in [5, 5.41) is 3.48. The number of carbonyl (C=O) groups is 1. The quantitative estimate of drug-likeness (QED) is 0.676. The van der Waals surface area contributed by atoms with E-state index in [-0.39, 0.29) is 33.9 Å². The molecule has 2 heterocycles. The highest BCUT2D eigenvalue weighted by Gasteiger charge is 2.21. The lowest BCUT2D eigenvalue weighted by atomic mass is 10.1. The summed E-state index contributed by atoms with van der Waals surface area (Å²) in [6.07, 6.45) is 2.22. The highest BCUT2D eigenvalue weighted by atomic mass is 35.5. The summed E-state index contributed by atoms with van der Waals surface area (Å²) in [5.74, 6) is -3.28. The molecule has 0 radical (unpaired) electrons. The van der Waals surface area contributed by atoms with Crippen LogP contribution in [0.25, 0.3) is 16.7 Å². The van der Waals surface area contributed by atoms with Crippen LogP contribution < -0.4 is 5.43 Å². The average Bonchev–Trinajstić information content (AvgIpc) is 2.96. The Morgan fingerprint density at radius 3 is 2.71 bits per heavy atom. The zero-order chi connectivity index (χ0) is 17.4. The number of halogens is 3. The van der Waals surface area contributed by atoms with Crippen LogP contribution in [-0.2, 0) is 4.74 Å². The topological polar surface area (TPSA) is 74.3 Å². The molecule has 9 heteroatoms. The Balaban J connectivity index is 2.43. The first-order chi connectivity index (χ1) is 11.4. The summed E-state index contributed by atoms with van der Waals surface area (Å²) < 4.78 is 37.9. The molecule has 124 valence electrons. The first-order valence-electron chi connectivity index (χ1n) is 6.75. The molecule has 24 heavy (non-hydrogen) atoms. The maximum atomic E-state index is 13.6. The molecule has 0 bridgehead atoms. The van der Waals surface area contributed by atoms with Gasteiger partial charge in [0.2, 0.25) is 5.43 Å². The maximum absolute atomic E-state index is 13.6. The third-order valence-electron chi connectivity index (χ3n) is 3.28. The third-order valence-corrected chi connectivity index (χ3v) is 3.54. The highest BCUT2D eigenvalue weighted by molar-refractivity contribution is 6.32. The van der Waals surface area contributed by atoms with Gasteiger partial charge in [-0.3, -0.25) is 9.36 Å². The van der Waals surface area contributed by atoms with E-state index in [1.807, 2.05) is 0 Å². The lowest BCUT2D eigenvalue weighted by Gasteiger charge is -2.11. The number of carbonyl (C=O) groups excluding carboxylic acids is 1. The van der Waals surface area contributed by atoms with E-state index in [2.05, 4.69) is 5.16 Å². The fourth-order valence-electron chi connectivity index (χ4n) is 2.23. The summed E-state index contributed by atoms with van der Waals surface area (Å²) in [7, 11) is 0. The van der Waals surface area contributed by atoms with E-state index in [0.29, 0.717) is 6.07 Å². The molecular weight excluding hydrogens is 346 g/mol. The van der Waals surface area contributed by atoms with E-state index in [9.17, 15) is 18.4 Å². The van der Waals surface area contributed by atoms with Gasteiger partial charge in [0.15, 0.2) is 17.5 Å². The van der Waals surface area contributed by atoms with Gasteiger partial charge >= 0.3 is 5.97 Å². The van der Waals surface area contributed by atoms with Crippen LogP contribution >= 0.6 is 11.6 Å². The van der Waals surface area contributed by atoms with Gasteiger partial charge in [-0.2, -0.15) is 0 Å². The van der Waals surface area contributed by atoms with Crippen LogP contribution in [0, 0.1) is 11.6 Å². The number of pyridine rings is 1. The molecule has 2 aromatic heterocycles. The van der Waals surface area contributed by atoms with Crippen LogP contribution in [0.3, 0.4) is 0 Å². The van der Waals surface area contributed by atoms with Gasteiger partial charge in [-0.15, -0.1) is 0 Å². The van der Waals surface area contributed by atoms with Gasteiger partial charge in [-0.05, 0) is 13.0 Å². The molecule has 0 amide bonds. The predicted octanol–water partition coefficient (Wildman–Crippen LogP) is 3.09. The van der Waals surface area contributed by atoms with Crippen molar-refractivity contribution in [3.63, 3.8) is 0 Å². The van der Waals surface area contributed by atoms with Gasteiger partial charge in [0, 0.05) is 12.3 Å². The molecule has 0 unspecified atom stereocenters. The molecule has 0 aliphatic rings. The molecule has 0 fully saturated rings. The van der Waals surface area contributed by atoms with Gasteiger partial charge in [-0.1, -0.05) is 16.8 Å². The number of hydrogen-bond acceptors (Lipinski definition) is 5. The number of esters is 1. The SMILES string of the molecule is CCOC(=O)c1cn(-c2nocc2Cl)c2cc(F)c(F)cc2c1=O. The van der Waals surface area contributed by atoms with Crippen molar-refractivity contribution >= 4 is 28.5 Å². The smallest absolute Gasteiger partial charge is 0.343 e. The fourth-order valence-corrected chi connectivity index (χ4v) is 2.39. The number of rotatable bonds is 3. The predicted molar refractivity (Wildman–Crippen MR) is 80.5 cm³/mol. The Morgan fingerprint density at radius 2 is 2.08 bits per heavy atom. The van der Waals surface area contributed by atoms with Crippen LogP contribution in [0.15, 0.2) is 33.9 Å². The van der Waals surface area contributed by atoms with Crippen molar-refractivity contribution in [1.29, 1.82) is 0 Å². The summed E-state index contributed by atoms with van der Waals surface area (Å²) >= 11 is 5.94. The van der Waals surface area contributed by atoms with Crippen LogP contribution in [0.4, 0.5) is 8.78 Å². The van der Waals surface area contributed by atoms with E-state index in [1.54, 1.807) is 6.92 Å². The van der Waals surface area contributed by atoms with Gasteiger partial charge < -0.3 is 9.26 Å². The lowest BCUT2D eigenvalue weighted by Crippen LogP contribution is -2.21. The number of hydrogen-bond donors (Lipinski definition) is 0. The number of nitrogens with zero attached hydrogens (tertiary/aromatic N) is 2. The van der Waals surface area contributed by atoms with Crippen LogP contribution in [-0.4, -0.2) is 22.3 Å². The normalized spacial score (nSPS) is 11.0. The minimum absolute atomic E-state index is 0.0122. The monoisotopic (exact) mass is 354 g/mol. The Labute approximate surface area is 138 Å². The van der Waals surface area contributed by atoms with Crippen LogP contribution in [0.2, 0.25) is 5.02 Å². The van der Waals surface area contributed by atoms with E-state index in [1.165, 1.54) is 0 Å². The molecule has 0 aliphatic carbocycles. The molecule has 0 aliphatic heterocycles. The Morgan fingerprint density at radius 1 is 1.38 bits per heavy atom. The molecule has 0 atom stereocenters. The lowest BCUT2D eigenvalue weighted by molar-refractivity contribution is 0.0524. The zero-order valence-electron chi connectivity index (χ0n) is 12.2. The molecule has 6 nitrogen and oxygen atoms in total. The van der Waals surface area contributed by atoms with Crippen molar-refractivity contribution in [2.45, 2.75) is 6.92 Å². The van der Waals surface area contributed by atoms with Crippen LogP contribution in [0.5, 0.6) is 0 Å². The molecule has 3 rings (SSSR count). The molecule has 0 N–H and O–H groups in total. The second-order valence-corrected chi connectivity index (χ2v) is 5.14. The van der Waals surface area contributed by atoms with Gasteiger partial charge in [0.25, 0.3) is 0 Å². The fraction of sp³-hybridized carbons (Fsp3) is 0.133. The largest absolute Gasteiger partial charge is 0.462 e. The second-order valence-electron chi connectivity index (χ2n) is 4.73. The summed E-state index contributed by atoms with van der Waals surface area (Å²) in [5.41, 5.74) is -1.18. The minimum atomic E-state index is -1.22.